The lowest BCUT2D eigenvalue weighted by molar-refractivity contribution is 0.683. The van der Waals surface area contributed by atoms with E-state index < -0.39 is 0 Å². The SMILES string of the molecule is Cn1[nH]c(=O)c(Br)c(Br)c1=O. The summed E-state index contributed by atoms with van der Waals surface area (Å²) >= 11 is 5.94. The number of nitrogens with one attached hydrogen (secondary N) is 1. The van der Waals surface area contributed by atoms with Gasteiger partial charge in [0.25, 0.3) is 11.1 Å². The molecule has 0 bridgehead atoms. The van der Waals surface area contributed by atoms with E-state index >= 15 is 0 Å². The summed E-state index contributed by atoms with van der Waals surface area (Å²) in [6.45, 7) is 0. The molecule has 11 heavy (non-hydrogen) atoms. The number of halogens is 2. The van der Waals surface area contributed by atoms with Crippen molar-refractivity contribution in [1.29, 1.82) is 0 Å². The van der Waals surface area contributed by atoms with Gasteiger partial charge in [-0.25, -0.2) is 0 Å². The van der Waals surface area contributed by atoms with Crippen LogP contribution < -0.4 is 11.1 Å². The van der Waals surface area contributed by atoms with Crippen LogP contribution in [0.4, 0.5) is 0 Å². The molecule has 0 saturated carbocycles. The van der Waals surface area contributed by atoms with E-state index in [1.54, 1.807) is 0 Å². The Morgan fingerprint density at radius 1 is 1.27 bits per heavy atom. The van der Waals surface area contributed by atoms with E-state index in [1.807, 2.05) is 0 Å². The van der Waals surface area contributed by atoms with Crippen LogP contribution in [0.3, 0.4) is 0 Å². The average Bonchev–Trinajstić information content (AvgIpc) is 1.97. The third-order valence-electron chi connectivity index (χ3n) is 1.15. The molecule has 6 heteroatoms. The van der Waals surface area contributed by atoms with Gasteiger partial charge in [0.05, 0.1) is 0 Å². The molecule has 0 aliphatic heterocycles. The summed E-state index contributed by atoms with van der Waals surface area (Å²) in [5, 5.41) is 2.32. The fraction of sp³-hybridized carbons (Fsp3) is 0.200. The Bertz CT molecular complexity index is 392. The molecule has 0 radical (unpaired) electrons. The molecule has 1 heterocycles. The molecule has 0 spiro atoms. The third kappa shape index (κ3) is 1.46. The fourth-order valence-corrected chi connectivity index (χ4v) is 1.30. The highest BCUT2D eigenvalue weighted by Gasteiger charge is 2.06. The van der Waals surface area contributed by atoms with E-state index in [0.29, 0.717) is 0 Å². The minimum absolute atomic E-state index is 0.223. The topological polar surface area (TPSA) is 54.9 Å². The van der Waals surface area contributed by atoms with E-state index in [0.717, 1.165) is 4.68 Å². The fourth-order valence-electron chi connectivity index (χ4n) is 0.593. The zero-order valence-electron chi connectivity index (χ0n) is 5.52. The van der Waals surface area contributed by atoms with Crippen molar-refractivity contribution in [3.05, 3.63) is 29.7 Å². The summed E-state index contributed by atoms with van der Waals surface area (Å²) in [5.74, 6) is 0. The van der Waals surface area contributed by atoms with Gasteiger partial charge < -0.3 is 0 Å². The van der Waals surface area contributed by atoms with Gasteiger partial charge in [0.15, 0.2) is 0 Å². The molecule has 1 N–H and O–H groups in total. The smallest absolute Gasteiger partial charge is 0.267 e. The standard InChI is InChI=1S/C5H4Br2N2O2/c1-9-5(11)3(7)2(6)4(10)8-9/h1H3,(H,8,10). The van der Waals surface area contributed by atoms with Crippen molar-refractivity contribution in [2.45, 2.75) is 0 Å². The lowest BCUT2D eigenvalue weighted by atomic mass is 10.6. The quantitative estimate of drug-likeness (QED) is 0.758. The Labute approximate surface area is 78.5 Å². The van der Waals surface area contributed by atoms with Crippen molar-refractivity contribution >= 4 is 31.9 Å². The van der Waals surface area contributed by atoms with Crippen LogP contribution in [-0.2, 0) is 7.05 Å². The van der Waals surface area contributed by atoms with Crippen molar-refractivity contribution in [1.82, 2.24) is 9.78 Å². The number of H-pyrrole nitrogens is 1. The molecule has 0 aliphatic rings. The van der Waals surface area contributed by atoms with Crippen molar-refractivity contribution < 1.29 is 0 Å². The normalized spacial score (nSPS) is 10.1. The molecule has 1 rings (SSSR count). The largest absolute Gasteiger partial charge is 0.280 e. The summed E-state index contributed by atoms with van der Waals surface area (Å²) in [4.78, 5) is 22.0. The molecular weight excluding hydrogens is 280 g/mol. The lowest BCUT2D eigenvalue weighted by Crippen LogP contribution is -2.28. The minimum atomic E-state index is -0.334. The number of aromatic nitrogens is 2. The molecule has 0 saturated heterocycles. The molecule has 0 fully saturated rings. The van der Waals surface area contributed by atoms with E-state index in [9.17, 15) is 9.59 Å². The van der Waals surface area contributed by atoms with Gasteiger partial charge in [0.1, 0.15) is 8.95 Å². The molecule has 60 valence electrons. The first-order valence-corrected chi connectivity index (χ1v) is 4.27. The Balaban J connectivity index is 3.73. The van der Waals surface area contributed by atoms with E-state index in [4.69, 9.17) is 0 Å². The zero-order chi connectivity index (χ0) is 8.59. The van der Waals surface area contributed by atoms with E-state index in [2.05, 4.69) is 37.0 Å². The second-order valence-electron chi connectivity index (χ2n) is 1.93. The number of rotatable bonds is 0. The number of hydrogen-bond acceptors (Lipinski definition) is 2. The van der Waals surface area contributed by atoms with Gasteiger partial charge in [0.2, 0.25) is 0 Å². The highest BCUT2D eigenvalue weighted by atomic mass is 79.9. The highest BCUT2D eigenvalue weighted by Crippen LogP contribution is 2.11. The summed E-state index contributed by atoms with van der Waals surface area (Å²) in [6.07, 6.45) is 0. The predicted molar refractivity (Wildman–Crippen MR) is 47.7 cm³/mol. The molecule has 0 aliphatic carbocycles. The molecular formula is C5H4Br2N2O2. The Morgan fingerprint density at radius 3 is 2.36 bits per heavy atom. The Morgan fingerprint density at radius 2 is 1.82 bits per heavy atom. The molecule has 1 aromatic heterocycles. The average molecular weight is 284 g/mol. The summed E-state index contributed by atoms with van der Waals surface area (Å²) in [7, 11) is 1.47. The Kier molecular flexibility index (Phi) is 2.34. The van der Waals surface area contributed by atoms with Gasteiger partial charge in [-0.2, -0.15) is 0 Å². The minimum Gasteiger partial charge on any atom is -0.267 e. The molecule has 0 atom stereocenters. The number of nitrogens with zero attached hydrogens (tertiary/aromatic N) is 1. The maximum Gasteiger partial charge on any atom is 0.280 e. The first-order chi connectivity index (χ1) is 5.04. The first kappa shape index (κ1) is 8.73. The van der Waals surface area contributed by atoms with Crippen LogP contribution in [0, 0.1) is 0 Å². The summed E-state index contributed by atoms with van der Waals surface area (Å²) < 4.78 is 1.57. The third-order valence-corrected chi connectivity index (χ3v) is 3.18. The molecule has 4 nitrogen and oxygen atoms in total. The van der Waals surface area contributed by atoms with Crippen molar-refractivity contribution in [3.8, 4) is 0 Å². The summed E-state index contributed by atoms with van der Waals surface area (Å²) in [5.41, 5.74) is -0.615. The molecule has 1 aromatic rings. The predicted octanol–water partition coefficient (Wildman–Crippen LogP) is 0.599. The second-order valence-corrected chi connectivity index (χ2v) is 3.52. The van der Waals surface area contributed by atoms with Crippen molar-refractivity contribution in [3.63, 3.8) is 0 Å². The van der Waals surface area contributed by atoms with Gasteiger partial charge in [-0.3, -0.25) is 19.4 Å². The van der Waals surface area contributed by atoms with Crippen LogP contribution in [0.25, 0.3) is 0 Å². The maximum absolute atomic E-state index is 11.1. The number of hydrogen-bond donors (Lipinski definition) is 1. The van der Waals surface area contributed by atoms with Crippen LogP contribution in [0.15, 0.2) is 18.5 Å². The first-order valence-electron chi connectivity index (χ1n) is 2.68. The van der Waals surface area contributed by atoms with Crippen molar-refractivity contribution in [2.24, 2.45) is 7.05 Å². The summed E-state index contributed by atoms with van der Waals surface area (Å²) in [6, 6.07) is 0. The molecule has 0 unspecified atom stereocenters. The van der Waals surface area contributed by atoms with Gasteiger partial charge >= 0.3 is 0 Å². The van der Waals surface area contributed by atoms with Gasteiger partial charge in [-0.15, -0.1) is 0 Å². The molecule has 0 aromatic carbocycles. The van der Waals surface area contributed by atoms with Crippen LogP contribution in [-0.4, -0.2) is 9.78 Å². The van der Waals surface area contributed by atoms with Gasteiger partial charge in [0, 0.05) is 7.05 Å². The van der Waals surface area contributed by atoms with E-state index in [1.165, 1.54) is 7.05 Å². The van der Waals surface area contributed by atoms with Crippen LogP contribution in [0.1, 0.15) is 0 Å². The number of aryl methyl sites for hydroxylation is 1. The lowest BCUT2D eigenvalue weighted by Gasteiger charge is -1.98. The molecule has 0 amide bonds. The monoisotopic (exact) mass is 282 g/mol. The second kappa shape index (κ2) is 2.94. The maximum atomic E-state index is 11.1. The Hall–Kier alpha value is -0.360. The zero-order valence-corrected chi connectivity index (χ0v) is 8.69. The van der Waals surface area contributed by atoms with Crippen molar-refractivity contribution in [2.75, 3.05) is 0 Å². The van der Waals surface area contributed by atoms with Gasteiger partial charge in [-0.05, 0) is 31.9 Å². The van der Waals surface area contributed by atoms with E-state index in [-0.39, 0.29) is 20.1 Å². The van der Waals surface area contributed by atoms with Crippen LogP contribution >= 0.6 is 31.9 Å². The number of aromatic amines is 1. The highest BCUT2D eigenvalue weighted by molar-refractivity contribution is 9.13. The van der Waals surface area contributed by atoms with Gasteiger partial charge in [-0.1, -0.05) is 0 Å². The van der Waals surface area contributed by atoms with Crippen LogP contribution in [0.5, 0.6) is 0 Å². The van der Waals surface area contributed by atoms with Crippen LogP contribution in [0.2, 0.25) is 0 Å².